The molecule has 1 atom stereocenters. The smallest absolute Gasteiger partial charge is 0.230 e. The molecule has 0 radical (unpaired) electrons. The molecule has 96 valence electrons. The third kappa shape index (κ3) is 2.35. The van der Waals surface area contributed by atoms with E-state index < -0.39 is 0 Å². The maximum absolute atomic E-state index is 5.53. The quantitative estimate of drug-likeness (QED) is 0.820. The van der Waals surface area contributed by atoms with E-state index in [2.05, 4.69) is 29.3 Å². The lowest BCUT2D eigenvalue weighted by atomic mass is 9.79. The Hall–Kier alpha value is -0.940. The van der Waals surface area contributed by atoms with Gasteiger partial charge in [-0.1, -0.05) is 19.0 Å². The molecular weight excluding hydrogens is 218 g/mol. The van der Waals surface area contributed by atoms with Crippen molar-refractivity contribution in [2.24, 2.45) is 0 Å². The van der Waals surface area contributed by atoms with Gasteiger partial charge in [0.2, 0.25) is 11.7 Å². The van der Waals surface area contributed by atoms with E-state index >= 15 is 0 Å². The lowest BCUT2D eigenvalue weighted by molar-refractivity contribution is -0.0858. The van der Waals surface area contributed by atoms with Gasteiger partial charge in [0.05, 0.1) is 0 Å². The zero-order valence-corrected chi connectivity index (χ0v) is 10.8. The Labute approximate surface area is 102 Å². The van der Waals surface area contributed by atoms with Crippen LogP contribution in [-0.2, 0) is 10.3 Å². The van der Waals surface area contributed by atoms with Crippen LogP contribution in [0.2, 0.25) is 0 Å². The van der Waals surface area contributed by atoms with Crippen molar-refractivity contribution in [3.63, 3.8) is 0 Å². The van der Waals surface area contributed by atoms with Crippen LogP contribution in [0.4, 0.5) is 0 Å². The van der Waals surface area contributed by atoms with E-state index in [0.717, 1.165) is 25.9 Å². The molecule has 0 saturated heterocycles. The first-order chi connectivity index (χ1) is 8.22. The van der Waals surface area contributed by atoms with Crippen molar-refractivity contribution in [3.8, 4) is 0 Å². The average Bonchev–Trinajstić information content (AvgIpc) is 2.75. The van der Waals surface area contributed by atoms with Crippen LogP contribution < -0.4 is 5.32 Å². The molecule has 1 aromatic rings. The van der Waals surface area contributed by atoms with E-state index in [0.29, 0.717) is 11.7 Å². The summed E-state index contributed by atoms with van der Waals surface area (Å²) in [5.41, 5.74) is -0.278. The molecule has 5 nitrogen and oxygen atoms in total. The molecule has 0 aromatic carbocycles. The summed E-state index contributed by atoms with van der Waals surface area (Å²) in [6.07, 6.45) is 3.15. The monoisotopic (exact) mass is 239 g/mol. The van der Waals surface area contributed by atoms with Crippen molar-refractivity contribution < 1.29 is 9.26 Å². The molecule has 1 aromatic heterocycles. The van der Waals surface area contributed by atoms with Crippen LogP contribution in [-0.4, -0.2) is 30.3 Å². The van der Waals surface area contributed by atoms with Gasteiger partial charge in [-0.2, -0.15) is 4.98 Å². The minimum absolute atomic E-state index is 0.241. The topological polar surface area (TPSA) is 60.2 Å². The van der Waals surface area contributed by atoms with Crippen molar-refractivity contribution >= 4 is 0 Å². The van der Waals surface area contributed by atoms with Gasteiger partial charge in [-0.15, -0.1) is 0 Å². The summed E-state index contributed by atoms with van der Waals surface area (Å²) in [4.78, 5) is 4.49. The summed E-state index contributed by atoms with van der Waals surface area (Å²) >= 11 is 0. The van der Waals surface area contributed by atoms with Crippen molar-refractivity contribution in [2.45, 2.75) is 44.6 Å². The summed E-state index contributed by atoms with van der Waals surface area (Å²) in [6.45, 7) is 5.98. The first-order valence-electron chi connectivity index (χ1n) is 6.32. The Morgan fingerprint density at radius 2 is 2.29 bits per heavy atom. The maximum Gasteiger partial charge on any atom is 0.230 e. The number of likely N-dealkylation sites (N-methyl/N-ethyl adjacent to an activating group) is 1. The maximum atomic E-state index is 5.53. The zero-order chi connectivity index (χ0) is 12.3. The number of nitrogens with zero attached hydrogens (tertiary/aromatic N) is 2. The summed E-state index contributed by atoms with van der Waals surface area (Å²) in [7, 11) is 1.72. The van der Waals surface area contributed by atoms with Crippen LogP contribution in [0, 0.1) is 0 Å². The third-order valence-electron chi connectivity index (χ3n) is 3.52. The van der Waals surface area contributed by atoms with Crippen LogP contribution in [0.1, 0.15) is 50.7 Å². The highest BCUT2D eigenvalue weighted by molar-refractivity contribution is 5.07. The van der Waals surface area contributed by atoms with Crippen LogP contribution >= 0.6 is 0 Å². The van der Waals surface area contributed by atoms with Crippen LogP contribution in [0.5, 0.6) is 0 Å². The number of ether oxygens (including phenoxy) is 1. The predicted molar refractivity (Wildman–Crippen MR) is 63.8 cm³/mol. The molecule has 1 aliphatic carbocycles. The van der Waals surface area contributed by atoms with E-state index in [4.69, 9.17) is 9.26 Å². The molecule has 1 fully saturated rings. The molecule has 1 heterocycles. The van der Waals surface area contributed by atoms with Crippen molar-refractivity contribution in [1.82, 2.24) is 15.5 Å². The Kier molecular flexibility index (Phi) is 3.79. The Morgan fingerprint density at radius 3 is 2.82 bits per heavy atom. The van der Waals surface area contributed by atoms with Gasteiger partial charge in [-0.3, -0.25) is 0 Å². The second-order valence-electron chi connectivity index (χ2n) is 4.72. The van der Waals surface area contributed by atoms with Gasteiger partial charge >= 0.3 is 0 Å². The van der Waals surface area contributed by atoms with E-state index in [-0.39, 0.29) is 11.5 Å². The molecule has 0 spiro atoms. The lowest BCUT2D eigenvalue weighted by Crippen LogP contribution is -2.37. The van der Waals surface area contributed by atoms with Crippen molar-refractivity contribution in [2.75, 3.05) is 20.2 Å². The Bertz CT molecular complexity index is 355. The number of nitrogens with one attached hydrogen (secondary N) is 1. The van der Waals surface area contributed by atoms with Gasteiger partial charge in [0.1, 0.15) is 5.60 Å². The fraction of sp³-hybridized carbons (Fsp3) is 0.833. The molecule has 2 rings (SSSR count). The number of rotatable bonds is 6. The minimum Gasteiger partial charge on any atom is -0.370 e. The van der Waals surface area contributed by atoms with Crippen LogP contribution in [0.3, 0.4) is 0 Å². The number of aromatic nitrogens is 2. The highest BCUT2D eigenvalue weighted by atomic mass is 16.5. The van der Waals surface area contributed by atoms with Gasteiger partial charge in [0.25, 0.3) is 0 Å². The molecule has 1 aliphatic rings. The predicted octanol–water partition coefficient (Wildman–Crippen LogP) is 1.81. The van der Waals surface area contributed by atoms with Crippen LogP contribution in [0.25, 0.3) is 0 Å². The Morgan fingerprint density at radius 1 is 1.53 bits per heavy atom. The highest BCUT2D eigenvalue weighted by Gasteiger charge is 2.43. The van der Waals surface area contributed by atoms with E-state index in [1.54, 1.807) is 7.11 Å². The van der Waals surface area contributed by atoms with E-state index in [1.807, 2.05) is 0 Å². The molecule has 0 aliphatic heterocycles. The first kappa shape index (κ1) is 12.5. The summed E-state index contributed by atoms with van der Waals surface area (Å²) in [5, 5.41) is 7.35. The largest absolute Gasteiger partial charge is 0.370 e. The number of methoxy groups -OCH3 is 1. The van der Waals surface area contributed by atoms with Gasteiger partial charge < -0.3 is 14.6 Å². The van der Waals surface area contributed by atoms with Crippen LogP contribution in [0.15, 0.2) is 4.52 Å². The second-order valence-corrected chi connectivity index (χ2v) is 4.72. The third-order valence-corrected chi connectivity index (χ3v) is 3.52. The molecule has 1 N–H and O–H groups in total. The van der Waals surface area contributed by atoms with E-state index in [1.165, 1.54) is 6.42 Å². The highest BCUT2D eigenvalue weighted by Crippen LogP contribution is 2.42. The number of hydrogen-bond acceptors (Lipinski definition) is 5. The fourth-order valence-electron chi connectivity index (χ4n) is 2.09. The summed E-state index contributed by atoms with van der Waals surface area (Å²) in [5.74, 6) is 1.65. The van der Waals surface area contributed by atoms with Gasteiger partial charge in [-0.25, -0.2) is 0 Å². The van der Waals surface area contributed by atoms with Gasteiger partial charge in [0.15, 0.2) is 0 Å². The zero-order valence-electron chi connectivity index (χ0n) is 10.8. The SMILES string of the molecule is CCNCC(C)c1nc(C2(OC)CCC2)no1. The molecule has 5 heteroatoms. The molecule has 0 amide bonds. The fourth-order valence-corrected chi connectivity index (χ4v) is 2.09. The minimum atomic E-state index is -0.278. The standard InChI is InChI=1S/C12H21N3O2/c1-4-13-8-9(2)10-14-11(15-17-10)12(16-3)6-5-7-12/h9,13H,4-8H2,1-3H3. The molecule has 1 saturated carbocycles. The summed E-state index contributed by atoms with van der Waals surface area (Å²) < 4.78 is 10.9. The van der Waals surface area contributed by atoms with Crippen molar-refractivity contribution in [3.05, 3.63) is 11.7 Å². The molecule has 1 unspecified atom stereocenters. The van der Waals surface area contributed by atoms with Gasteiger partial charge in [-0.05, 0) is 25.8 Å². The summed E-state index contributed by atoms with van der Waals surface area (Å²) in [6, 6.07) is 0. The first-order valence-corrected chi connectivity index (χ1v) is 6.32. The number of hydrogen-bond donors (Lipinski definition) is 1. The molecular formula is C12H21N3O2. The van der Waals surface area contributed by atoms with Crippen molar-refractivity contribution in [1.29, 1.82) is 0 Å². The molecule has 0 bridgehead atoms. The average molecular weight is 239 g/mol. The van der Waals surface area contributed by atoms with E-state index in [9.17, 15) is 0 Å². The second kappa shape index (κ2) is 5.14. The normalized spacial score (nSPS) is 19.9. The lowest BCUT2D eigenvalue weighted by Gasteiger charge is -2.37. The Balaban J connectivity index is 2.05. The molecule has 17 heavy (non-hydrogen) atoms. The van der Waals surface area contributed by atoms with Gasteiger partial charge in [0, 0.05) is 19.6 Å².